The number of hydrogen-bond acceptors (Lipinski definition) is 6. The van der Waals surface area contributed by atoms with Crippen LogP contribution in [0.5, 0.6) is 0 Å². The van der Waals surface area contributed by atoms with E-state index in [0.29, 0.717) is 30.9 Å². The predicted molar refractivity (Wildman–Crippen MR) is 130 cm³/mol. The number of hydrogen-bond donors (Lipinski definition) is 2. The van der Waals surface area contributed by atoms with Crippen LogP contribution in [0.1, 0.15) is 16.7 Å². The highest BCUT2D eigenvalue weighted by Gasteiger charge is 2.40. The van der Waals surface area contributed by atoms with Crippen LogP contribution in [0.15, 0.2) is 47.5 Å². The molecule has 0 bridgehead atoms. The quantitative estimate of drug-likeness (QED) is 0.452. The van der Waals surface area contributed by atoms with Gasteiger partial charge in [0.2, 0.25) is 0 Å². The number of rotatable bonds is 5. The van der Waals surface area contributed by atoms with Crippen molar-refractivity contribution in [1.82, 2.24) is 20.4 Å². The Morgan fingerprint density at radius 2 is 2.06 bits per heavy atom. The second-order valence-corrected chi connectivity index (χ2v) is 9.86. The van der Waals surface area contributed by atoms with Gasteiger partial charge in [0.05, 0.1) is 35.4 Å². The molecule has 12 heteroatoms. The van der Waals surface area contributed by atoms with E-state index in [9.17, 15) is 22.8 Å². The second-order valence-electron chi connectivity index (χ2n) is 8.47. The number of nitrogens with zero attached hydrogens (tertiary/aromatic N) is 2. The maximum atomic E-state index is 13.8. The number of aromatic nitrogens is 2. The van der Waals surface area contributed by atoms with Gasteiger partial charge in [-0.25, -0.2) is 0 Å². The van der Waals surface area contributed by atoms with E-state index in [0.717, 1.165) is 33.6 Å². The molecule has 2 amide bonds. The summed E-state index contributed by atoms with van der Waals surface area (Å²) in [6.45, 7) is 1.60. The lowest BCUT2D eigenvalue weighted by Crippen LogP contribution is -2.49. The van der Waals surface area contributed by atoms with E-state index in [4.69, 9.17) is 16.3 Å². The Morgan fingerprint density at radius 1 is 1.22 bits per heavy atom. The van der Waals surface area contributed by atoms with Crippen LogP contribution in [-0.2, 0) is 22.1 Å². The third-order valence-electron chi connectivity index (χ3n) is 6.06. The zero-order chi connectivity index (χ0) is 25.4. The molecule has 5 rings (SSSR count). The van der Waals surface area contributed by atoms with Crippen molar-refractivity contribution in [3.05, 3.63) is 69.2 Å². The molecule has 2 fully saturated rings. The summed E-state index contributed by atoms with van der Waals surface area (Å²) in [5.74, 6) is -0.540. The second kappa shape index (κ2) is 9.89. The van der Waals surface area contributed by atoms with Crippen molar-refractivity contribution in [3.63, 3.8) is 0 Å². The number of amides is 2. The fourth-order valence-corrected chi connectivity index (χ4v) is 5.42. The maximum absolute atomic E-state index is 13.8. The lowest BCUT2D eigenvalue weighted by atomic mass is 9.93. The molecular formula is C24H20ClF3N4O3S. The van der Waals surface area contributed by atoms with Gasteiger partial charge in [-0.3, -0.25) is 19.6 Å². The van der Waals surface area contributed by atoms with E-state index in [1.54, 1.807) is 24.4 Å². The average Bonchev–Trinajstić information content (AvgIpc) is 3.43. The van der Waals surface area contributed by atoms with Crippen LogP contribution in [0.4, 0.5) is 18.0 Å². The van der Waals surface area contributed by atoms with Crippen LogP contribution in [0.2, 0.25) is 5.02 Å². The molecule has 2 saturated heterocycles. The first-order valence-electron chi connectivity index (χ1n) is 11.1. The monoisotopic (exact) mass is 536 g/mol. The van der Waals surface area contributed by atoms with Gasteiger partial charge in [-0.05, 0) is 59.1 Å². The molecule has 3 heterocycles. The van der Waals surface area contributed by atoms with E-state index >= 15 is 0 Å². The predicted octanol–water partition coefficient (Wildman–Crippen LogP) is 4.87. The molecule has 0 radical (unpaired) electrons. The Labute approximate surface area is 213 Å². The highest BCUT2D eigenvalue weighted by molar-refractivity contribution is 8.18. The number of carbonyl (C=O) groups excluding carboxylic acids is 2. The van der Waals surface area contributed by atoms with Crippen molar-refractivity contribution < 1.29 is 27.5 Å². The Morgan fingerprint density at radius 3 is 2.81 bits per heavy atom. The summed E-state index contributed by atoms with van der Waals surface area (Å²) in [6.07, 6.45) is -3.29. The highest BCUT2D eigenvalue weighted by atomic mass is 35.5. The number of fused-ring (bicyclic) bond motifs is 1. The zero-order valence-electron chi connectivity index (χ0n) is 18.7. The minimum atomic E-state index is -4.65. The summed E-state index contributed by atoms with van der Waals surface area (Å²) in [5.41, 5.74) is 0.640. The number of ether oxygens (including phenoxy) is 1. The van der Waals surface area contributed by atoms with Gasteiger partial charge in [0, 0.05) is 29.5 Å². The molecule has 0 saturated carbocycles. The van der Waals surface area contributed by atoms with Crippen LogP contribution >= 0.6 is 23.4 Å². The summed E-state index contributed by atoms with van der Waals surface area (Å²) >= 11 is 6.60. The van der Waals surface area contributed by atoms with E-state index in [1.165, 1.54) is 12.1 Å². The fraction of sp³-hybridized carbons (Fsp3) is 0.292. The highest BCUT2D eigenvalue weighted by Crippen LogP contribution is 2.41. The van der Waals surface area contributed by atoms with Crippen LogP contribution in [-0.4, -0.2) is 58.6 Å². The average molecular weight is 537 g/mol. The molecule has 1 aromatic heterocycles. The number of allylic oxidation sites excluding steroid dienone is 1. The molecule has 2 aromatic carbocycles. The zero-order valence-corrected chi connectivity index (χ0v) is 20.3. The Bertz CT molecular complexity index is 1370. The van der Waals surface area contributed by atoms with Gasteiger partial charge in [0.1, 0.15) is 0 Å². The number of carbonyl (C=O) groups is 2. The topological polar surface area (TPSA) is 87.3 Å². The molecule has 1 atom stereocenters. The normalized spacial score (nSPS) is 20.4. The number of thioether (sulfide) groups is 1. The standard InChI is InChI=1S/C24H20ClF3N4O3S/c25-16-3-1-14(19(9-16)24(26,27)28)8-18(13-2-4-20-15(7-13)10-30-31-20)21-22(33)32(23(34)36-21)11-17-12-35-6-5-29-17/h1-4,7,9-10,17,29H,5-6,8,11-12H2,(H,30,31)/b21-18-. The first-order chi connectivity index (χ1) is 17.2. The summed E-state index contributed by atoms with van der Waals surface area (Å²) in [5, 5.41) is 10.2. The third-order valence-corrected chi connectivity index (χ3v) is 7.31. The molecular weight excluding hydrogens is 517 g/mol. The van der Waals surface area contributed by atoms with E-state index in [2.05, 4.69) is 15.5 Å². The van der Waals surface area contributed by atoms with Crippen molar-refractivity contribution in [2.24, 2.45) is 0 Å². The number of morpholine rings is 1. The molecule has 36 heavy (non-hydrogen) atoms. The Balaban J connectivity index is 1.58. The Hall–Kier alpha value is -2.86. The molecule has 0 aliphatic carbocycles. The number of nitrogens with one attached hydrogen (secondary N) is 2. The summed E-state index contributed by atoms with van der Waals surface area (Å²) in [4.78, 5) is 27.5. The number of aromatic amines is 1. The van der Waals surface area contributed by atoms with Crippen LogP contribution < -0.4 is 5.32 Å². The van der Waals surface area contributed by atoms with Crippen molar-refractivity contribution in [1.29, 1.82) is 0 Å². The molecule has 1 unspecified atom stereocenters. The summed E-state index contributed by atoms with van der Waals surface area (Å²) < 4.78 is 47.0. The summed E-state index contributed by atoms with van der Waals surface area (Å²) in [6, 6.07) is 8.50. The van der Waals surface area contributed by atoms with Crippen LogP contribution in [0.25, 0.3) is 16.5 Å². The number of halogens is 4. The van der Waals surface area contributed by atoms with Gasteiger partial charge in [0.25, 0.3) is 11.1 Å². The minimum Gasteiger partial charge on any atom is -0.378 e. The van der Waals surface area contributed by atoms with Crippen molar-refractivity contribution in [3.8, 4) is 0 Å². The minimum absolute atomic E-state index is 0.0463. The SMILES string of the molecule is O=C1S/C(=C(/Cc2ccc(Cl)cc2C(F)(F)F)c2ccc3[nH]ncc3c2)C(=O)N1CC1COCCN1. The first kappa shape index (κ1) is 24.8. The van der Waals surface area contributed by atoms with Crippen LogP contribution in [0, 0.1) is 0 Å². The summed E-state index contributed by atoms with van der Waals surface area (Å²) in [7, 11) is 0. The molecule has 7 nitrogen and oxygen atoms in total. The first-order valence-corrected chi connectivity index (χ1v) is 12.3. The third kappa shape index (κ3) is 5.01. The van der Waals surface area contributed by atoms with E-state index in [1.807, 2.05) is 0 Å². The Kier molecular flexibility index (Phi) is 6.82. The van der Waals surface area contributed by atoms with Gasteiger partial charge >= 0.3 is 6.18 Å². The van der Waals surface area contributed by atoms with Gasteiger partial charge in [0.15, 0.2) is 0 Å². The molecule has 188 valence electrons. The molecule has 2 N–H and O–H groups in total. The van der Waals surface area contributed by atoms with Crippen LogP contribution in [0.3, 0.4) is 0 Å². The fourth-order valence-electron chi connectivity index (χ4n) is 4.30. The van der Waals surface area contributed by atoms with Gasteiger partial charge in [-0.15, -0.1) is 0 Å². The van der Waals surface area contributed by atoms with Gasteiger partial charge in [-0.1, -0.05) is 23.7 Å². The molecule has 2 aliphatic rings. The molecule has 3 aromatic rings. The van der Waals surface area contributed by atoms with E-state index in [-0.39, 0.29) is 34.5 Å². The van der Waals surface area contributed by atoms with Crippen molar-refractivity contribution in [2.45, 2.75) is 18.6 Å². The van der Waals surface area contributed by atoms with Gasteiger partial charge in [-0.2, -0.15) is 18.3 Å². The largest absolute Gasteiger partial charge is 0.416 e. The lowest BCUT2D eigenvalue weighted by Gasteiger charge is -2.26. The maximum Gasteiger partial charge on any atom is 0.416 e. The number of imide groups is 1. The number of alkyl halides is 3. The van der Waals surface area contributed by atoms with Crippen molar-refractivity contribution in [2.75, 3.05) is 26.3 Å². The number of H-pyrrole nitrogens is 1. The van der Waals surface area contributed by atoms with Gasteiger partial charge < -0.3 is 10.1 Å². The molecule has 0 spiro atoms. The molecule has 2 aliphatic heterocycles. The van der Waals surface area contributed by atoms with E-state index < -0.39 is 22.9 Å². The lowest BCUT2D eigenvalue weighted by molar-refractivity contribution is -0.138. The van der Waals surface area contributed by atoms with Crippen molar-refractivity contribution >= 4 is 51.0 Å². The smallest absolute Gasteiger partial charge is 0.378 e. The number of benzene rings is 2.